The summed E-state index contributed by atoms with van der Waals surface area (Å²) < 4.78 is 32.0. The summed E-state index contributed by atoms with van der Waals surface area (Å²) in [4.78, 5) is 12.3. The summed E-state index contributed by atoms with van der Waals surface area (Å²) >= 11 is 0. The van der Waals surface area contributed by atoms with E-state index in [0.717, 1.165) is 57.8 Å². The first-order chi connectivity index (χ1) is 17.8. The molecule has 37 heavy (non-hydrogen) atoms. The fourth-order valence-corrected chi connectivity index (χ4v) is 4.61. The first-order valence-electron chi connectivity index (χ1n) is 14.3. The van der Waals surface area contributed by atoms with Crippen LogP contribution < -0.4 is 5.32 Å². The predicted molar refractivity (Wildman–Crippen MR) is 156 cm³/mol. The number of carbonyl (C=O) groups is 1. The van der Waals surface area contributed by atoms with E-state index >= 15 is 0 Å². The number of amides is 1. The number of hydrogen-bond acceptors (Lipinski definition) is 4. The molecule has 0 aliphatic heterocycles. The Morgan fingerprint density at radius 3 is 1.92 bits per heavy atom. The van der Waals surface area contributed by atoms with E-state index in [9.17, 15) is 22.9 Å². The lowest BCUT2D eigenvalue weighted by Gasteiger charge is -2.21. The Morgan fingerprint density at radius 2 is 1.30 bits per heavy atom. The van der Waals surface area contributed by atoms with Gasteiger partial charge in [0.1, 0.15) is 0 Å². The van der Waals surface area contributed by atoms with Gasteiger partial charge in [-0.2, -0.15) is 8.42 Å². The highest BCUT2D eigenvalue weighted by atomic mass is 32.2. The maximum Gasteiger partial charge on any atom is 0.267 e. The van der Waals surface area contributed by atoms with E-state index in [1.807, 2.05) is 6.08 Å². The van der Waals surface area contributed by atoms with Crippen LogP contribution in [-0.2, 0) is 14.9 Å². The van der Waals surface area contributed by atoms with Crippen LogP contribution in [0.25, 0.3) is 0 Å². The van der Waals surface area contributed by atoms with E-state index in [4.69, 9.17) is 0 Å². The number of nitrogens with one attached hydrogen (secondary N) is 1. The van der Waals surface area contributed by atoms with Gasteiger partial charge >= 0.3 is 0 Å². The second kappa shape index (κ2) is 24.6. The predicted octanol–water partition coefficient (Wildman–Crippen LogP) is 7.23. The Labute approximate surface area is 227 Å². The molecule has 1 amide bonds. The molecule has 6 nitrogen and oxygen atoms in total. The van der Waals surface area contributed by atoms with Crippen LogP contribution in [0.4, 0.5) is 0 Å². The number of aliphatic hydroxyl groups excluding tert-OH is 1. The normalized spacial score (nSPS) is 14.4. The summed E-state index contributed by atoms with van der Waals surface area (Å²) in [6, 6.07) is -1.07. The van der Waals surface area contributed by atoms with Gasteiger partial charge in [-0.1, -0.05) is 107 Å². The number of allylic oxidation sites excluding steroid dienone is 7. The monoisotopic (exact) mass is 539 g/mol. The van der Waals surface area contributed by atoms with Crippen molar-refractivity contribution in [2.45, 2.75) is 129 Å². The Hall–Kier alpha value is -1.70. The molecule has 0 bridgehead atoms. The van der Waals surface area contributed by atoms with Gasteiger partial charge in [0.2, 0.25) is 5.91 Å². The van der Waals surface area contributed by atoms with Crippen molar-refractivity contribution in [3.8, 4) is 0 Å². The van der Waals surface area contributed by atoms with Gasteiger partial charge in [0.25, 0.3) is 10.1 Å². The molecule has 214 valence electrons. The van der Waals surface area contributed by atoms with E-state index in [0.29, 0.717) is 6.42 Å². The number of carbonyl (C=O) groups excluding carboxylic acids is 1. The van der Waals surface area contributed by atoms with Crippen LogP contribution in [0, 0.1) is 0 Å². The average Bonchev–Trinajstić information content (AvgIpc) is 2.84. The molecule has 0 aromatic carbocycles. The Morgan fingerprint density at radius 1 is 0.757 bits per heavy atom. The lowest BCUT2D eigenvalue weighted by Crippen LogP contribution is -2.46. The SMILES string of the molecule is CC/C=C\C/C=C\C/C=C\CCCCCC(=O)NC(CS(=O)(=O)O)C(O)/C=C/CCCCCCCCC. The Kier molecular flexibility index (Phi) is 23.5. The third-order valence-electron chi connectivity index (χ3n) is 6.01. The van der Waals surface area contributed by atoms with Gasteiger partial charge in [0, 0.05) is 6.42 Å². The second-order valence-electron chi connectivity index (χ2n) is 9.64. The maximum atomic E-state index is 12.3. The molecule has 0 heterocycles. The molecule has 3 N–H and O–H groups in total. The van der Waals surface area contributed by atoms with Crippen molar-refractivity contribution in [1.82, 2.24) is 5.32 Å². The van der Waals surface area contributed by atoms with E-state index in [2.05, 4.69) is 55.6 Å². The third-order valence-corrected chi connectivity index (χ3v) is 6.79. The fourth-order valence-electron chi connectivity index (χ4n) is 3.87. The molecule has 0 aliphatic carbocycles. The maximum absolute atomic E-state index is 12.3. The van der Waals surface area contributed by atoms with Crippen LogP contribution >= 0.6 is 0 Å². The number of hydrogen-bond donors (Lipinski definition) is 3. The van der Waals surface area contributed by atoms with Crippen LogP contribution in [0.5, 0.6) is 0 Å². The molecular formula is C30H53NO5S. The molecule has 0 saturated carbocycles. The summed E-state index contributed by atoms with van der Waals surface area (Å²) in [5.41, 5.74) is 0. The lowest BCUT2D eigenvalue weighted by molar-refractivity contribution is -0.122. The molecule has 0 aromatic rings. The molecule has 0 aromatic heterocycles. The van der Waals surface area contributed by atoms with Gasteiger partial charge in [-0.25, -0.2) is 0 Å². The van der Waals surface area contributed by atoms with Gasteiger partial charge in [0.15, 0.2) is 0 Å². The van der Waals surface area contributed by atoms with Gasteiger partial charge in [-0.15, -0.1) is 0 Å². The highest BCUT2D eigenvalue weighted by molar-refractivity contribution is 7.85. The zero-order chi connectivity index (χ0) is 27.6. The Bertz CT molecular complexity index is 771. The van der Waals surface area contributed by atoms with Crippen molar-refractivity contribution in [2.24, 2.45) is 0 Å². The van der Waals surface area contributed by atoms with Gasteiger partial charge in [-0.3, -0.25) is 9.35 Å². The topological polar surface area (TPSA) is 104 Å². The van der Waals surface area contributed by atoms with Crippen molar-refractivity contribution >= 4 is 16.0 Å². The Balaban J connectivity index is 4.21. The summed E-state index contributed by atoms with van der Waals surface area (Å²) in [6.07, 6.45) is 31.0. The molecule has 0 radical (unpaired) electrons. The van der Waals surface area contributed by atoms with Gasteiger partial charge in [-0.05, 0) is 51.4 Å². The zero-order valence-electron chi connectivity index (χ0n) is 23.3. The molecule has 2 atom stereocenters. The first kappa shape index (κ1) is 35.3. The summed E-state index contributed by atoms with van der Waals surface area (Å²) in [5, 5.41) is 13.0. The number of unbranched alkanes of at least 4 members (excludes halogenated alkanes) is 10. The van der Waals surface area contributed by atoms with Crippen molar-refractivity contribution in [1.29, 1.82) is 0 Å². The highest BCUT2D eigenvalue weighted by Gasteiger charge is 2.24. The zero-order valence-corrected chi connectivity index (χ0v) is 24.1. The standard InChI is InChI=1S/C30H53NO5S/c1-3-5-7-9-11-13-14-15-16-18-20-22-24-26-30(33)31-28(27-37(34,35)36)29(32)25-23-21-19-17-12-10-8-6-4-2/h5,7,11,13,15-16,23,25,28-29,32H,3-4,6,8-10,12,14,17-22,24,26-27H2,1-2H3,(H,31,33)(H,34,35,36)/b7-5-,13-11-,16-15-,25-23+. The summed E-state index contributed by atoms with van der Waals surface area (Å²) in [5.74, 6) is -1.03. The third kappa shape index (κ3) is 25.7. The van der Waals surface area contributed by atoms with Crippen molar-refractivity contribution in [2.75, 3.05) is 5.75 Å². The number of aliphatic hydroxyl groups is 1. The molecular weight excluding hydrogens is 486 g/mol. The minimum Gasteiger partial charge on any atom is -0.387 e. The molecule has 0 saturated heterocycles. The minimum atomic E-state index is -4.34. The van der Waals surface area contributed by atoms with E-state index in [1.54, 1.807) is 0 Å². The van der Waals surface area contributed by atoms with Crippen LogP contribution in [0.3, 0.4) is 0 Å². The molecule has 0 aliphatic rings. The van der Waals surface area contributed by atoms with E-state index in [-0.39, 0.29) is 12.3 Å². The van der Waals surface area contributed by atoms with Gasteiger partial charge < -0.3 is 10.4 Å². The van der Waals surface area contributed by atoms with Crippen LogP contribution in [-0.4, -0.2) is 41.9 Å². The van der Waals surface area contributed by atoms with E-state index in [1.165, 1.54) is 38.2 Å². The van der Waals surface area contributed by atoms with Crippen LogP contribution in [0.15, 0.2) is 48.6 Å². The molecule has 2 unspecified atom stereocenters. The van der Waals surface area contributed by atoms with Crippen molar-refractivity contribution < 1.29 is 22.9 Å². The average molecular weight is 540 g/mol. The summed E-state index contributed by atoms with van der Waals surface area (Å²) in [7, 11) is -4.34. The van der Waals surface area contributed by atoms with Crippen molar-refractivity contribution in [3.63, 3.8) is 0 Å². The van der Waals surface area contributed by atoms with Crippen LogP contribution in [0.1, 0.15) is 117 Å². The number of rotatable bonds is 24. The fraction of sp³-hybridized carbons (Fsp3) is 0.700. The molecule has 0 rings (SSSR count). The lowest BCUT2D eigenvalue weighted by atomic mass is 10.1. The summed E-state index contributed by atoms with van der Waals surface area (Å²) in [6.45, 7) is 4.32. The quantitative estimate of drug-likeness (QED) is 0.0682. The first-order valence-corrected chi connectivity index (χ1v) is 15.9. The van der Waals surface area contributed by atoms with Crippen LogP contribution in [0.2, 0.25) is 0 Å². The van der Waals surface area contributed by atoms with Crippen molar-refractivity contribution in [3.05, 3.63) is 48.6 Å². The van der Waals surface area contributed by atoms with E-state index < -0.39 is 28.0 Å². The minimum absolute atomic E-state index is 0.258. The highest BCUT2D eigenvalue weighted by Crippen LogP contribution is 2.10. The molecule has 7 heteroatoms. The largest absolute Gasteiger partial charge is 0.387 e. The second-order valence-corrected chi connectivity index (χ2v) is 11.1. The van der Waals surface area contributed by atoms with Gasteiger partial charge in [0.05, 0.1) is 17.9 Å². The molecule has 0 fully saturated rings. The molecule has 0 spiro atoms. The smallest absolute Gasteiger partial charge is 0.267 e.